The molecule has 4 rings (SSSR count). The molecule has 0 bridgehead atoms. The SMILES string of the molecule is CCCCc1ccc(COc2cccc(C=O)c2Cc2cccc(OCc3ccccc3)c2)cc1. The number of carbonyl (C=O) groups is 1. The Morgan fingerprint density at radius 2 is 1.37 bits per heavy atom. The number of aryl methyl sites for hydroxylation is 1. The summed E-state index contributed by atoms with van der Waals surface area (Å²) in [5.41, 5.74) is 6.20. The Labute approximate surface area is 208 Å². The standard InChI is InChI=1S/C32H32O3/c1-2-3-9-25-16-18-27(19-17-25)24-35-32-15-8-13-29(22-33)31(32)21-28-12-7-14-30(20-28)34-23-26-10-5-4-6-11-26/h4-8,10-20,22H,2-3,9,21,23-24H2,1H3. The second-order valence-corrected chi connectivity index (χ2v) is 8.75. The minimum Gasteiger partial charge on any atom is -0.489 e. The van der Waals surface area contributed by atoms with Gasteiger partial charge in [0.15, 0.2) is 0 Å². The third-order valence-corrected chi connectivity index (χ3v) is 6.06. The third kappa shape index (κ3) is 7.07. The zero-order chi connectivity index (χ0) is 24.3. The van der Waals surface area contributed by atoms with Crippen molar-refractivity contribution in [3.8, 4) is 11.5 Å². The van der Waals surface area contributed by atoms with Gasteiger partial charge in [0.2, 0.25) is 0 Å². The third-order valence-electron chi connectivity index (χ3n) is 6.06. The molecule has 0 N–H and O–H groups in total. The summed E-state index contributed by atoms with van der Waals surface area (Å²) in [6.45, 7) is 3.19. The maximum atomic E-state index is 11.8. The summed E-state index contributed by atoms with van der Waals surface area (Å²) in [6.07, 6.45) is 5.00. The number of hydrogen-bond acceptors (Lipinski definition) is 3. The molecule has 0 radical (unpaired) electrons. The molecule has 178 valence electrons. The van der Waals surface area contributed by atoms with Crippen molar-refractivity contribution in [1.29, 1.82) is 0 Å². The Bertz CT molecular complexity index is 1210. The highest BCUT2D eigenvalue weighted by molar-refractivity contribution is 5.79. The number of unbranched alkanes of at least 4 members (excludes halogenated alkanes) is 1. The molecule has 4 aromatic carbocycles. The van der Waals surface area contributed by atoms with E-state index in [-0.39, 0.29) is 0 Å². The van der Waals surface area contributed by atoms with Crippen LogP contribution in [0.15, 0.2) is 97.1 Å². The molecule has 35 heavy (non-hydrogen) atoms. The molecule has 0 aliphatic carbocycles. The van der Waals surface area contributed by atoms with Crippen LogP contribution in [0.3, 0.4) is 0 Å². The average Bonchev–Trinajstić information content (AvgIpc) is 2.91. The van der Waals surface area contributed by atoms with Crippen LogP contribution in [0.5, 0.6) is 11.5 Å². The first-order valence-corrected chi connectivity index (χ1v) is 12.3. The summed E-state index contributed by atoms with van der Waals surface area (Å²) < 4.78 is 12.2. The highest BCUT2D eigenvalue weighted by atomic mass is 16.5. The van der Waals surface area contributed by atoms with E-state index in [0.717, 1.165) is 46.5 Å². The quantitative estimate of drug-likeness (QED) is 0.203. The van der Waals surface area contributed by atoms with Crippen molar-refractivity contribution in [1.82, 2.24) is 0 Å². The first-order valence-electron chi connectivity index (χ1n) is 12.3. The fourth-order valence-corrected chi connectivity index (χ4v) is 4.05. The van der Waals surface area contributed by atoms with E-state index in [1.807, 2.05) is 66.7 Å². The lowest BCUT2D eigenvalue weighted by molar-refractivity contribution is 0.112. The fourth-order valence-electron chi connectivity index (χ4n) is 4.05. The number of hydrogen-bond donors (Lipinski definition) is 0. The van der Waals surface area contributed by atoms with Gasteiger partial charge in [-0.25, -0.2) is 0 Å². The minimum atomic E-state index is 0.462. The molecule has 3 heteroatoms. The molecule has 0 saturated heterocycles. The van der Waals surface area contributed by atoms with Gasteiger partial charge in [-0.2, -0.15) is 0 Å². The van der Waals surface area contributed by atoms with E-state index < -0.39 is 0 Å². The normalized spacial score (nSPS) is 10.7. The Kier molecular flexibility index (Phi) is 8.72. The minimum absolute atomic E-state index is 0.462. The molecule has 0 aliphatic heterocycles. The van der Waals surface area contributed by atoms with Gasteiger partial charge in [0, 0.05) is 17.5 Å². The Morgan fingerprint density at radius 3 is 2.14 bits per heavy atom. The van der Waals surface area contributed by atoms with E-state index in [4.69, 9.17) is 9.47 Å². The molecule has 4 aromatic rings. The predicted molar refractivity (Wildman–Crippen MR) is 141 cm³/mol. The molecule has 0 aromatic heterocycles. The zero-order valence-electron chi connectivity index (χ0n) is 20.3. The lowest BCUT2D eigenvalue weighted by atomic mass is 9.99. The Hall–Kier alpha value is -3.85. The highest BCUT2D eigenvalue weighted by Gasteiger charge is 2.11. The van der Waals surface area contributed by atoms with Crippen molar-refractivity contribution in [2.24, 2.45) is 0 Å². The van der Waals surface area contributed by atoms with Crippen LogP contribution in [-0.4, -0.2) is 6.29 Å². The van der Waals surface area contributed by atoms with Gasteiger partial charge in [-0.1, -0.05) is 92.2 Å². The van der Waals surface area contributed by atoms with Gasteiger partial charge in [-0.05, 0) is 53.3 Å². The van der Waals surface area contributed by atoms with Gasteiger partial charge in [0.05, 0.1) is 0 Å². The number of carbonyl (C=O) groups excluding carboxylic acids is 1. The van der Waals surface area contributed by atoms with Gasteiger partial charge < -0.3 is 9.47 Å². The summed E-state index contributed by atoms with van der Waals surface area (Å²) in [5, 5.41) is 0. The lowest BCUT2D eigenvalue weighted by Crippen LogP contribution is -2.03. The molecule has 3 nitrogen and oxygen atoms in total. The molecule has 0 spiro atoms. The summed E-state index contributed by atoms with van der Waals surface area (Å²) in [7, 11) is 0. The molecule has 0 amide bonds. The fraction of sp³-hybridized carbons (Fsp3) is 0.219. The van der Waals surface area contributed by atoms with Crippen LogP contribution in [0.1, 0.15) is 57.9 Å². The molecule has 0 saturated carbocycles. The summed E-state index contributed by atoms with van der Waals surface area (Å²) in [5.74, 6) is 1.54. The monoisotopic (exact) mass is 464 g/mol. The van der Waals surface area contributed by atoms with Crippen molar-refractivity contribution in [2.75, 3.05) is 0 Å². The number of aldehydes is 1. The zero-order valence-corrected chi connectivity index (χ0v) is 20.3. The first kappa shape index (κ1) is 24.3. The molecule has 0 heterocycles. The molecular weight excluding hydrogens is 432 g/mol. The van der Waals surface area contributed by atoms with Gasteiger partial charge in [0.1, 0.15) is 31.0 Å². The van der Waals surface area contributed by atoms with Crippen LogP contribution >= 0.6 is 0 Å². The number of rotatable bonds is 12. The van der Waals surface area contributed by atoms with Crippen molar-refractivity contribution >= 4 is 6.29 Å². The number of ether oxygens (including phenoxy) is 2. The first-order chi connectivity index (χ1) is 17.2. The van der Waals surface area contributed by atoms with E-state index >= 15 is 0 Å². The van der Waals surface area contributed by atoms with Crippen LogP contribution in [0.2, 0.25) is 0 Å². The van der Waals surface area contributed by atoms with Crippen LogP contribution in [0.25, 0.3) is 0 Å². The topological polar surface area (TPSA) is 35.5 Å². The van der Waals surface area contributed by atoms with Crippen LogP contribution < -0.4 is 9.47 Å². The lowest BCUT2D eigenvalue weighted by Gasteiger charge is -2.15. The van der Waals surface area contributed by atoms with Crippen LogP contribution in [-0.2, 0) is 26.1 Å². The molecule has 0 atom stereocenters. The highest BCUT2D eigenvalue weighted by Crippen LogP contribution is 2.27. The number of benzene rings is 4. The van der Waals surface area contributed by atoms with Gasteiger partial charge in [-0.3, -0.25) is 4.79 Å². The van der Waals surface area contributed by atoms with E-state index in [2.05, 4.69) is 37.3 Å². The maximum Gasteiger partial charge on any atom is 0.150 e. The van der Waals surface area contributed by atoms with E-state index in [9.17, 15) is 4.79 Å². The van der Waals surface area contributed by atoms with Crippen molar-refractivity contribution in [3.63, 3.8) is 0 Å². The summed E-state index contributed by atoms with van der Waals surface area (Å²) >= 11 is 0. The van der Waals surface area contributed by atoms with E-state index in [1.54, 1.807) is 0 Å². The second kappa shape index (κ2) is 12.6. The molecular formula is C32H32O3. The Morgan fingerprint density at radius 1 is 0.686 bits per heavy atom. The molecule has 0 fully saturated rings. The van der Waals surface area contributed by atoms with Crippen molar-refractivity contribution < 1.29 is 14.3 Å². The second-order valence-electron chi connectivity index (χ2n) is 8.75. The largest absolute Gasteiger partial charge is 0.489 e. The van der Waals surface area contributed by atoms with Crippen LogP contribution in [0.4, 0.5) is 0 Å². The summed E-state index contributed by atoms with van der Waals surface area (Å²) in [4.78, 5) is 11.8. The van der Waals surface area contributed by atoms with Crippen LogP contribution in [0, 0.1) is 0 Å². The molecule has 0 aliphatic rings. The maximum absolute atomic E-state index is 11.8. The molecule has 0 unspecified atom stereocenters. The average molecular weight is 465 g/mol. The van der Waals surface area contributed by atoms with E-state index in [1.165, 1.54) is 18.4 Å². The van der Waals surface area contributed by atoms with E-state index in [0.29, 0.717) is 25.2 Å². The van der Waals surface area contributed by atoms with Crippen molar-refractivity contribution in [3.05, 3.63) is 130 Å². The van der Waals surface area contributed by atoms with Crippen molar-refractivity contribution in [2.45, 2.75) is 45.8 Å². The Balaban J connectivity index is 1.45. The van der Waals surface area contributed by atoms with Gasteiger partial charge in [0.25, 0.3) is 0 Å². The predicted octanol–water partition coefficient (Wildman–Crippen LogP) is 7.59. The van der Waals surface area contributed by atoms with Gasteiger partial charge >= 0.3 is 0 Å². The smallest absolute Gasteiger partial charge is 0.150 e. The summed E-state index contributed by atoms with van der Waals surface area (Å²) in [6, 6.07) is 32.4. The van der Waals surface area contributed by atoms with Gasteiger partial charge in [-0.15, -0.1) is 0 Å².